The zero-order valence-electron chi connectivity index (χ0n) is 17.5. The number of hydrogen-bond acceptors (Lipinski definition) is 4. The number of halogens is 2. The molecule has 7 heteroatoms. The van der Waals surface area contributed by atoms with Gasteiger partial charge in [-0.25, -0.2) is 18.7 Å². The van der Waals surface area contributed by atoms with Gasteiger partial charge < -0.3 is 11.1 Å². The molecule has 1 aliphatic carbocycles. The van der Waals surface area contributed by atoms with E-state index in [4.69, 9.17) is 15.7 Å². The van der Waals surface area contributed by atoms with Crippen LogP contribution in [-0.2, 0) is 30.5 Å². The number of amides is 1. The third kappa shape index (κ3) is 4.55. The third-order valence-corrected chi connectivity index (χ3v) is 5.26. The predicted octanol–water partition coefficient (Wildman–Crippen LogP) is 4.48. The van der Waals surface area contributed by atoms with Gasteiger partial charge in [-0.2, -0.15) is 0 Å². The van der Waals surface area contributed by atoms with Crippen LogP contribution in [0, 0.1) is 17.6 Å². The van der Waals surface area contributed by atoms with Crippen molar-refractivity contribution in [1.82, 2.24) is 9.97 Å². The molecule has 0 saturated carbocycles. The van der Waals surface area contributed by atoms with E-state index in [-0.39, 0.29) is 12.3 Å². The van der Waals surface area contributed by atoms with Crippen molar-refractivity contribution in [3.63, 3.8) is 0 Å². The molecule has 1 amide bonds. The van der Waals surface area contributed by atoms with Gasteiger partial charge in [0.1, 0.15) is 0 Å². The van der Waals surface area contributed by atoms with Crippen LogP contribution in [0.2, 0.25) is 0 Å². The molecule has 1 aliphatic rings. The van der Waals surface area contributed by atoms with Crippen molar-refractivity contribution in [2.45, 2.75) is 39.5 Å². The highest BCUT2D eigenvalue weighted by Gasteiger charge is 2.23. The Morgan fingerprint density at radius 2 is 1.90 bits per heavy atom. The van der Waals surface area contributed by atoms with E-state index in [0.29, 0.717) is 35.8 Å². The average molecular weight is 422 g/mol. The maximum Gasteiger partial charge on any atom is 0.229 e. The van der Waals surface area contributed by atoms with Crippen LogP contribution in [0.4, 0.5) is 20.3 Å². The SMILES string of the molecule is CC(C)Cc1nc2c(nc1NC(=O)Cc1ccc(F)c(F)c1)CCc1cc(N)ccc1-2. The Kier molecular flexibility index (Phi) is 5.67. The van der Waals surface area contributed by atoms with Gasteiger partial charge in [0.25, 0.3) is 0 Å². The Hall–Kier alpha value is -3.35. The summed E-state index contributed by atoms with van der Waals surface area (Å²) in [7, 11) is 0. The third-order valence-electron chi connectivity index (χ3n) is 5.26. The summed E-state index contributed by atoms with van der Waals surface area (Å²) in [5.74, 6) is -1.53. The minimum Gasteiger partial charge on any atom is -0.399 e. The quantitative estimate of drug-likeness (QED) is 0.594. The summed E-state index contributed by atoms with van der Waals surface area (Å²) in [5.41, 5.74) is 11.6. The molecule has 1 aromatic heterocycles. The number of fused-ring (bicyclic) bond motifs is 3. The van der Waals surface area contributed by atoms with E-state index >= 15 is 0 Å². The lowest BCUT2D eigenvalue weighted by Gasteiger charge is -2.21. The summed E-state index contributed by atoms with van der Waals surface area (Å²) in [6.45, 7) is 4.14. The molecule has 2 aromatic carbocycles. The van der Waals surface area contributed by atoms with Crippen LogP contribution in [0.5, 0.6) is 0 Å². The normalized spacial score (nSPS) is 12.4. The first-order valence-corrected chi connectivity index (χ1v) is 10.3. The monoisotopic (exact) mass is 422 g/mol. The molecular formula is C24H24F2N4O. The van der Waals surface area contributed by atoms with E-state index in [1.807, 2.05) is 18.2 Å². The van der Waals surface area contributed by atoms with E-state index in [2.05, 4.69) is 19.2 Å². The molecule has 160 valence electrons. The van der Waals surface area contributed by atoms with Crippen molar-refractivity contribution in [3.8, 4) is 11.3 Å². The van der Waals surface area contributed by atoms with E-state index in [1.165, 1.54) is 6.07 Å². The molecule has 1 heterocycles. The summed E-state index contributed by atoms with van der Waals surface area (Å²) in [5, 5.41) is 2.83. The highest BCUT2D eigenvalue weighted by atomic mass is 19.2. The maximum absolute atomic E-state index is 13.5. The highest BCUT2D eigenvalue weighted by molar-refractivity contribution is 5.92. The van der Waals surface area contributed by atoms with Gasteiger partial charge >= 0.3 is 0 Å². The predicted molar refractivity (Wildman–Crippen MR) is 117 cm³/mol. The number of anilines is 2. The van der Waals surface area contributed by atoms with Gasteiger partial charge in [-0.1, -0.05) is 26.0 Å². The molecule has 0 spiro atoms. The second-order valence-corrected chi connectivity index (χ2v) is 8.30. The van der Waals surface area contributed by atoms with E-state index in [0.717, 1.165) is 46.8 Å². The lowest BCUT2D eigenvalue weighted by molar-refractivity contribution is -0.115. The number of aromatic nitrogens is 2. The van der Waals surface area contributed by atoms with Gasteiger partial charge in [-0.05, 0) is 60.6 Å². The number of nitrogen functional groups attached to an aromatic ring is 1. The Morgan fingerprint density at radius 1 is 1.10 bits per heavy atom. The summed E-state index contributed by atoms with van der Waals surface area (Å²) in [6, 6.07) is 9.25. The maximum atomic E-state index is 13.5. The standard InChI is InChI=1S/C24H24F2N4O/c1-13(2)9-21-24(30-22(31)11-14-3-7-18(25)19(26)10-14)29-20-8-4-15-12-16(27)5-6-17(15)23(20)28-21/h3,5-7,10,12-13H,4,8-9,11,27H2,1-2H3,(H,29,30,31). The van der Waals surface area contributed by atoms with Gasteiger partial charge in [0.2, 0.25) is 5.91 Å². The fourth-order valence-corrected chi connectivity index (χ4v) is 3.84. The van der Waals surface area contributed by atoms with E-state index in [9.17, 15) is 13.6 Å². The second-order valence-electron chi connectivity index (χ2n) is 8.30. The van der Waals surface area contributed by atoms with Crippen molar-refractivity contribution in [3.05, 3.63) is 70.5 Å². The molecule has 0 unspecified atom stereocenters. The number of nitrogens with one attached hydrogen (secondary N) is 1. The van der Waals surface area contributed by atoms with Crippen molar-refractivity contribution in [1.29, 1.82) is 0 Å². The summed E-state index contributed by atoms with van der Waals surface area (Å²) < 4.78 is 26.6. The minimum absolute atomic E-state index is 0.0841. The zero-order valence-corrected chi connectivity index (χ0v) is 17.5. The summed E-state index contributed by atoms with van der Waals surface area (Å²) >= 11 is 0. The lowest BCUT2D eigenvalue weighted by atomic mass is 9.91. The molecular weight excluding hydrogens is 398 g/mol. The Balaban J connectivity index is 1.65. The number of aryl methyl sites for hydroxylation is 2. The Bertz CT molecular complexity index is 1160. The number of rotatable bonds is 5. The number of carbonyl (C=O) groups is 1. The molecule has 3 aromatic rings. The summed E-state index contributed by atoms with van der Waals surface area (Å²) in [4.78, 5) is 22.2. The average Bonchev–Trinajstić information content (AvgIpc) is 2.70. The minimum atomic E-state index is -0.973. The first-order valence-electron chi connectivity index (χ1n) is 10.3. The number of carbonyl (C=O) groups excluding carboxylic acids is 1. The number of hydrogen-bond donors (Lipinski definition) is 2. The molecule has 0 bridgehead atoms. The zero-order chi connectivity index (χ0) is 22.1. The number of nitrogens with two attached hydrogens (primary N) is 1. The highest BCUT2D eigenvalue weighted by Crippen LogP contribution is 2.34. The van der Waals surface area contributed by atoms with Gasteiger partial charge in [-0.3, -0.25) is 4.79 Å². The van der Waals surface area contributed by atoms with Crippen LogP contribution in [-0.4, -0.2) is 15.9 Å². The van der Waals surface area contributed by atoms with Crippen LogP contribution in [0.25, 0.3) is 11.3 Å². The van der Waals surface area contributed by atoms with Crippen molar-refractivity contribution >= 4 is 17.4 Å². The van der Waals surface area contributed by atoms with Crippen LogP contribution in [0.15, 0.2) is 36.4 Å². The fourth-order valence-electron chi connectivity index (χ4n) is 3.84. The molecule has 5 nitrogen and oxygen atoms in total. The first-order chi connectivity index (χ1) is 14.8. The summed E-state index contributed by atoms with van der Waals surface area (Å²) in [6.07, 6.45) is 2.06. The molecule has 0 atom stereocenters. The van der Waals surface area contributed by atoms with E-state index in [1.54, 1.807) is 0 Å². The van der Waals surface area contributed by atoms with Gasteiger partial charge in [0.05, 0.1) is 23.5 Å². The second kappa shape index (κ2) is 8.41. The molecule has 0 radical (unpaired) electrons. The van der Waals surface area contributed by atoms with Gasteiger partial charge in [0.15, 0.2) is 17.5 Å². The largest absolute Gasteiger partial charge is 0.399 e. The molecule has 0 aliphatic heterocycles. The number of benzene rings is 2. The molecule has 0 fully saturated rings. The van der Waals surface area contributed by atoms with Crippen molar-refractivity contribution < 1.29 is 13.6 Å². The Morgan fingerprint density at radius 3 is 2.65 bits per heavy atom. The molecule has 4 rings (SSSR count). The van der Waals surface area contributed by atoms with Gasteiger partial charge in [-0.15, -0.1) is 0 Å². The van der Waals surface area contributed by atoms with E-state index < -0.39 is 11.6 Å². The molecule has 3 N–H and O–H groups in total. The van der Waals surface area contributed by atoms with Crippen molar-refractivity contribution in [2.75, 3.05) is 11.1 Å². The number of nitrogens with zero attached hydrogens (tertiary/aromatic N) is 2. The molecule has 31 heavy (non-hydrogen) atoms. The van der Waals surface area contributed by atoms with Crippen LogP contribution in [0.3, 0.4) is 0 Å². The molecule has 0 saturated heterocycles. The lowest BCUT2D eigenvalue weighted by Crippen LogP contribution is -2.20. The smallest absolute Gasteiger partial charge is 0.229 e. The topological polar surface area (TPSA) is 80.9 Å². The van der Waals surface area contributed by atoms with Crippen LogP contribution >= 0.6 is 0 Å². The van der Waals surface area contributed by atoms with Crippen molar-refractivity contribution in [2.24, 2.45) is 5.92 Å². The van der Waals surface area contributed by atoms with Crippen LogP contribution < -0.4 is 11.1 Å². The first kappa shape index (κ1) is 20.9. The van der Waals surface area contributed by atoms with Crippen LogP contribution in [0.1, 0.15) is 36.4 Å². The Labute approximate surface area is 179 Å². The fraction of sp³-hybridized carbons (Fsp3) is 0.292. The van der Waals surface area contributed by atoms with Gasteiger partial charge in [0, 0.05) is 11.3 Å².